The Labute approximate surface area is 134 Å². The second-order valence-electron chi connectivity index (χ2n) is 5.32. The fourth-order valence-electron chi connectivity index (χ4n) is 2.28. The Balaban J connectivity index is 1.55. The van der Waals surface area contributed by atoms with Crippen LogP contribution in [-0.2, 0) is 4.79 Å². The van der Waals surface area contributed by atoms with Crippen molar-refractivity contribution < 1.29 is 14.3 Å². The Morgan fingerprint density at radius 2 is 1.87 bits per heavy atom. The number of nitrogens with one attached hydrogen (secondary N) is 1. The van der Waals surface area contributed by atoms with Crippen LogP contribution in [0.1, 0.15) is 18.4 Å². The molecule has 5 nitrogen and oxygen atoms in total. The molecule has 1 aliphatic heterocycles. The minimum atomic E-state index is -0.700. The number of amides is 1. The largest absolute Gasteiger partial charge is 0.485 e. The number of fused-ring (bicyclic) bond motifs is 1. The van der Waals surface area contributed by atoms with Crippen molar-refractivity contribution in [3.05, 3.63) is 60.2 Å². The van der Waals surface area contributed by atoms with Crippen LogP contribution in [0, 0.1) is 0 Å². The second kappa shape index (κ2) is 6.96. The topological polar surface area (TPSA) is 59.9 Å². The molecule has 2 aromatic carbocycles. The molecule has 0 spiro atoms. The summed E-state index contributed by atoms with van der Waals surface area (Å²) in [6.45, 7) is 2.19. The highest BCUT2D eigenvalue weighted by atomic mass is 16.6. The molecule has 0 saturated heterocycles. The molecule has 1 amide bonds. The molecule has 1 N–H and O–H groups in total. The van der Waals surface area contributed by atoms with E-state index in [9.17, 15) is 4.79 Å². The van der Waals surface area contributed by atoms with E-state index in [0.29, 0.717) is 11.5 Å². The smallest absolute Gasteiger partial charge is 0.284 e. The van der Waals surface area contributed by atoms with Gasteiger partial charge in [-0.25, -0.2) is 5.43 Å². The van der Waals surface area contributed by atoms with Crippen molar-refractivity contribution in [2.45, 2.75) is 18.9 Å². The highest BCUT2D eigenvalue weighted by molar-refractivity contribution is 5.82. The summed E-state index contributed by atoms with van der Waals surface area (Å²) in [5.74, 6) is 1.01. The van der Waals surface area contributed by atoms with E-state index in [1.165, 1.54) is 0 Å². The van der Waals surface area contributed by atoms with E-state index in [0.717, 1.165) is 5.56 Å². The van der Waals surface area contributed by atoms with Gasteiger partial charge < -0.3 is 9.47 Å². The number of hydrogen-bond acceptors (Lipinski definition) is 4. The maximum Gasteiger partial charge on any atom is 0.284 e. The Morgan fingerprint density at radius 3 is 2.65 bits per heavy atom. The molecule has 0 fully saturated rings. The summed E-state index contributed by atoms with van der Waals surface area (Å²) < 4.78 is 11.1. The predicted octanol–water partition coefficient (Wildman–Crippen LogP) is 2.73. The van der Waals surface area contributed by atoms with Gasteiger partial charge in [-0.2, -0.15) is 5.10 Å². The van der Waals surface area contributed by atoms with E-state index < -0.39 is 6.10 Å². The van der Waals surface area contributed by atoms with Crippen molar-refractivity contribution in [3.63, 3.8) is 0 Å². The van der Waals surface area contributed by atoms with E-state index in [4.69, 9.17) is 9.47 Å². The molecule has 1 aliphatic rings. The number of ether oxygens (including phenoxy) is 2. The zero-order chi connectivity index (χ0) is 16.1. The minimum Gasteiger partial charge on any atom is -0.485 e. The number of hydrogen-bond donors (Lipinski definition) is 1. The number of hydrazone groups is 1. The van der Waals surface area contributed by atoms with Crippen molar-refractivity contribution in [1.29, 1.82) is 0 Å². The number of para-hydroxylation sites is 2. The average molecular weight is 310 g/mol. The van der Waals surface area contributed by atoms with Gasteiger partial charge in [-0.15, -0.1) is 0 Å². The first-order valence-corrected chi connectivity index (χ1v) is 7.50. The lowest BCUT2D eigenvalue weighted by molar-refractivity contribution is -0.130. The molecule has 2 atom stereocenters. The lowest BCUT2D eigenvalue weighted by Crippen LogP contribution is -2.42. The molecule has 3 rings (SSSR count). The third kappa shape index (κ3) is 3.69. The van der Waals surface area contributed by atoms with Gasteiger partial charge in [0, 0.05) is 12.1 Å². The Hall–Kier alpha value is -2.82. The fourth-order valence-corrected chi connectivity index (χ4v) is 2.28. The number of carbonyl (C=O) groups excluding carboxylic acids is 1. The lowest BCUT2D eigenvalue weighted by atomic mass is 10.0. The van der Waals surface area contributed by atoms with Gasteiger partial charge in [0.25, 0.3) is 5.91 Å². The van der Waals surface area contributed by atoms with Crippen LogP contribution >= 0.6 is 0 Å². The van der Waals surface area contributed by atoms with Gasteiger partial charge in [0.15, 0.2) is 11.5 Å². The molecule has 1 heterocycles. The van der Waals surface area contributed by atoms with Crippen molar-refractivity contribution in [3.8, 4) is 11.5 Å². The zero-order valence-electron chi connectivity index (χ0n) is 12.8. The van der Waals surface area contributed by atoms with E-state index in [1.54, 1.807) is 12.3 Å². The summed E-state index contributed by atoms with van der Waals surface area (Å²) in [6, 6.07) is 17.2. The predicted molar refractivity (Wildman–Crippen MR) is 87.8 cm³/mol. The molecule has 23 heavy (non-hydrogen) atoms. The van der Waals surface area contributed by atoms with Crippen LogP contribution in [0.15, 0.2) is 59.7 Å². The van der Waals surface area contributed by atoms with Gasteiger partial charge in [0.1, 0.15) is 6.61 Å². The Bertz CT molecular complexity index is 700. The lowest BCUT2D eigenvalue weighted by Gasteiger charge is -2.24. The SMILES string of the molecule is C[C@@H](/C=N\NC(=O)[C@H]1COc2ccccc2O1)c1ccccc1. The molecule has 5 heteroatoms. The monoisotopic (exact) mass is 310 g/mol. The number of carbonyl (C=O) groups is 1. The van der Waals surface area contributed by atoms with Crippen molar-refractivity contribution in [2.75, 3.05) is 6.61 Å². The summed E-state index contributed by atoms with van der Waals surface area (Å²) in [7, 11) is 0. The molecule has 0 saturated carbocycles. The van der Waals surface area contributed by atoms with Crippen LogP contribution < -0.4 is 14.9 Å². The van der Waals surface area contributed by atoms with Gasteiger partial charge in [-0.3, -0.25) is 4.79 Å². The summed E-state index contributed by atoms with van der Waals surface area (Å²) in [6.07, 6.45) is 0.999. The average Bonchev–Trinajstić information content (AvgIpc) is 2.61. The van der Waals surface area contributed by atoms with E-state index in [2.05, 4.69) is 10.5 Å². The third-order valence-corrected chi connectivity index (χ3v) is 3.60. The second-order valence-corrected chi connectivity index (χ2v) is 5.32. The normalized spacial score (nSPS) is 17.7. The van der Waals surface area contributed by atoms with Gasteiger partial charge in [0.2, 0.25) is 6.10 Å². The molecular weight excluding hydrogens is 292 g/mol. The van der Waals surface area contributed by atoms with E-state index in [-0.39, 0.29) is 18.4 Å². The van der Waals surface area contributed by atoms with Crippen LogP contribution in [0.25, 0.3) is 0 Å². The van der Waals surface area contributed by atoms with Gasteiger partial charge in [-0.1, -0.05) is 49.4 Å². The molecule has 0 aromatic heterocycles. The number of nitrogens with zero attached hydrogens (tertiary/aromatic N) is 1. The van der Waals surface area contributed by atoms with Gasteiger partial charge in [-0.05, 0) is 17.7 Å². The minimum absolute atomic E-state index is 0.112. The standard InChI is InChI=1S/C18H18N2O3/c1-13(14-7-3-2-4-8-14)11-19-20-18(21)17-12-22-15-9-5-6-10-16(15)23-17/h2-11,13,17H,12H2,1H3,(H,20,21)/b19-11-/t13-,17+/m0/s1. The van der Waals surface area contributed by atoms with Gasteiger partial charge in [0.05, 0.1) is 0 Å². The van der Waals surface area contributed by atoms with Crippen LogP contribution in [0.5, 0.6) is 11.5 Å². The summed E-state index contributed by atoms with van der Waals surface area (Å²) >= 11 is 0. The molecule has 0 aliphatic carbocycles. The maximum absolute atomic E-state index is 12.1. The summed E-state index contributed by atoms with van der Waals surface area (Å²) in [4.78, 5) is 12.1. The third-order valence-electron chi connectivity index (χ3n) is 3.60. The summed E-state index contributed by atoms with van der Waals surface area (Å²) in [5.41, 5.74) is 3.65. The highest BCUT2D eigenvalue weighted by Gasteiger charge is 2.26. The first kappa shape index (κ1) is 15.1. The molecular formula is C18H18N2O3. The quantitative estimate of drug-likeness (QED) is 0.698. The fraction of sp³-hybridized carbons (Fsp3) is 0.222. The number of rotatable bonds is 4. The molecule has 2 aromatic rings. The number of benzene rings is 2. The van der Waals surface area contributed by atoms with Crippen LogP contribution in [0.3, 0.4) is 0 Å². The van der Waals surface area contributed by atoms with E-state index in [1.807, 2.05) is 55.5 Å². The molecule has 0 unspecified atom stereocenters. The molecule has 0 radical (unpaired) electrons. The van der Waals surface area contributed by atoms with Crippen molar-refractivity contribution >= 4 is 12.1 Å². The molecule has 0 bridgehead atoms. The molecule has 118 valence electrons. The van der Waals surface area contributed by atoms with Crippen LogP contribution in [-0.4, -0.2) is 24.8 Å². The first-order valence-electron chi connectivity index (χ1n) is 7.50. The highest BCUT2D eigenvalue weighted by Crippen LogP contribution is 2.30. The van der Waals surface area contributed by atoms with Crippen molar-refractivity contribution in [1.82, 2.24) is 5.43 Å². The van der Waals surface area contributed by atoms with Gasteiger partial charge >= 0.3 is 0 Å². The summed E-state index contributed by atoms with van der Waals surface area (Å²) in [5, 5.41) is 4.02. The van der Waals surface area contributed by atoms with E-state index >= 15 is 0 Å². The van der Waals surface area contributed by atoms with Crippen molar-refractivity contribution in [2.24, 2.45) is 5.10 Å². The zero-order valence-corrected chi connectivity index (χ0v) is 12.8. The van der Waals surface area contributed by atoms with Crippen LogP contribution in [0.4, 0.5) is 0 Å². The first-order chi connectivity index (χ1) is 11.2. The Morgan fingerprint density at radius 1 is 1.17 bits per heavy atom. The maximum atomic E-state index is 12.1. The Kier molecular flexibility index (Phi) is 4.57. The van der Waals surface area contributed by atoms with Crippen LogP contribution in [0.2, 0.25) is 0 Å².